The molecule has 0 aromatic heterocycles. The molecule has 0 unspecified atom stereocenters. The lowest BCUT2D eigenvalue weighted by Gasteiger charge is -2.26. The van der Waals surface area contributed by atoms with Crippen molar-refractivity contribution in [2.75, 3.05) is 6.54 Å². The normalized spacial score (nSPS) is 15.3. The Morgan fingerprint density at radius 2 is 2.16 bits per heavy atom. The molecule has 1 aromatic rings. The van der Waals surface area contributed by atoms with E-state index in [0.29, 0.717) is 12.1 Å². The lowest BCUT2D eigenvalue weighted by molar-refractivity contribution is -0.384. The van der Waals surface area contributed by atoms with E-state index in [2.05, 4.69) is 5.32 Å². The molecule has 3 amide bonds. The third kappa shape index (κ3) is 3.00. The number of nitro groups is 1. The highest BCUT2D eigenvalue weighted by Gasteiger charge is 2.23. The minimum atomic E-state index is -0.578. The summed E-state index contributed by atoms with van der Waals surface area (Å²) in [5.74, 6) is -0.316. The first kappa shape index (κ1) is 13.3. The molecule has 0 spiro atoms. The average Bonchev–Trinajstić information content (AvgIpc) is 2.34. The first-order chi connectivity index (χ1) is 8.97. The fraction of sp³-hybridized carbons (Fsp3) is 0.273. The molecule has 1 aromatic carbocycles. The molecule has 1 aliphatic rings. The van der Waals surface area contributed by atoms with Crippen LogP contribution < -0.4 is 5.32 Å². The Morgan fingerprint density at radius 1 is 1.42 bits per heavy atom. The average molecular weight is 284 g/mol. The molecule has 1 heterocycles. The van der Waals surface area contributed by atoms with Crippen LogP contribution in [0.15, 0.2) is 18.2 Å². The SMILES string of the molecule is O=C1CCN(Cc2ccc(Cl)c([N+](=O)[O-])c2)C(=O)N1. The number of nitro benzene ring substituents is 1. The van der Waals surface area contributed by atoms with Crippen LogP contribution in [0.4, 0.5) is 10.5 Å². The van der Waals surface area contributed by atoms with Crippen molar-refractivity contribution < 1.29 is 14.5 Å². The predicted molar refractivity (Wildman–Crippen MR) is 66.7 cm³/mol. The number of nitrogens with zero attached hydrogens (tertiary/aromatic N) is 2. The highest BCUT2D eigenvalue weighted by atomic mass is 35.5. The van der Waals surface area contributed by atoms with E-state index in [1.807, 2.05) is 0 Å². The number of rotatable bonds is 3. The van der Waals surface area contributed by atoms with Crippen LogP contribution >= 0.6 is 11.6 Å². The van der Waals surface area contributed by atoms with E-state index in [-0.39, 0.29) is 29.6 Å². The molecule has 0 bridgehead atoms. The van der Waals surface area contributed by atoms with Gasteiger partial charge in [-0.2, -0.15) is 0 Å². The first-order valence-electron chi connectivity index (χ1n) is 5.49. The van der Waals surface area contributed by atoms with Gasteiger partial charge in [0, 0.05) is 25.6 Å². The molecule has 1 saturated heterocycles. The Labute approximate surface area is 113 Å². The fourth-order valence-electron chi connectivity index (χ4n) is 1.77. The highest BCUT2D eigenvalue weighted by molar-refractivity contribution is 6.32. The number of urea groups is 1. The number of halogens is 1. The van der Waals surface area contributed by atoms with Crippen molar-refractivity contribution in [1.82, 2.24) is 10.2 Å². The zero-order valence-electron chi connectivity index (χ0n) is 9.76. The maximum absolute atomic E-state index is 11.5. The van der Waals surface area contributed by atoms with Crippen molar-refractivity contribution in [3.8, 4) is 0 Å². The molecule has 1 N–H and O–H groups in total. The molecule has 100 valence electrons. The highest BCUT2D eigenvalue weighted by Crippen LogP contribution is 2.25. The largest absolute Gasteiger partial charge is 0.324 e. The summed E-state index contributed by atoms with van der Waals surface area (Å²) in [4.78, 5) is 34.1. The molecule has 0 radical (unpaired) electrons. The van der Waals surface area contributed by atoms with Gasteiger partial charge in [-0.05, 0) is 11.6 Å². The van der Waals surface area contributed by atoms with E-state index in [4.69, 9.17) is 11.6 Å². The van der Waals surface area contributed by atoms with Gasteiger partial charge in [0.2, 0.25) is 5.91 Å². The molecule has 2 rings (SSSR count). The van der Waals surface area contributed by atoms with Gasteiger partial charge in [0.1, 0.15) is 5.02 Å². The Bertz CT molecular complexity index is 561. The summed E-state index contributed by atoms with van der Waals surface area (Å²) in [7, 11) is 0. The molecule has 7 nitrogen and oxygen atoms in total. The van der Waals surface area contributed by atoms with Crippen molar-refractivity contribution >= 4 is 29.2 Å². The zero-order valence-corrected chi connectivity index (χ0v) is 10.5. The van der Waals surface area contributed by atoms with Crippen LogP contribution in [0, 0.1) is 10.1 Å². The monoisotopic (exact) mass is 283 g/mol. The van der Waals surface area contributed by atoms with E-state index in [9.17, 15) is 19.7 Å². The quantitative estimate of drug-likeness (QED) is 0.675. The number of amides is 3. The van der Waals surface area contributed by atoms with E-state index in [0.717, 1.165) is 0 Å². The summed E-state index contributed by atoms with van der Waals surface area (Å²) in [5.41, 5.74) is 0.383. The minimum Gasteiger partial charge on any atom is -0.320 e. The van der Waals surface area contributed by atoms with Gasteiger partial charge in [-0.15, -0.1) is 0 Å². The summed E-state index contributed by atoms with van der Waals surface area (Å²) >= 11 is 5.70. The minimum absolute atomic E-state index is 0.0482. The van der Waals surface area contributed by atoms with Gasteiger partial charge < -0.3 is 4.90 Å². The van der Waals surface area contributed by atoms with Crippen molar-refractivity contribution in [3.05, 3.63) is 38.9 Å². The Morgan fingerprint density at radius 3 is 2.79 bits per heavy atom. The maximum atomic E-state index is 11.5. The molecule has 8 heteroatoms. The molecular formula is C11H10ClN3O4. The molecule has 0 atom stereocenters. The summed E-state index contributed by atoms with van der Waals surface area (Å²) in [6, 6.07) is 3.86. The van der Waals surface area contributed by atoms with Crippen molar-refractivity contribution in [2.45, 2.75) is 13.0 Å². The zero-order chi connectivity index (χ0) is 14.0. The van der Waals surface area contributed by atoms with Gasteiger partial charge >= 0.3 is 6.03 Å². The second-order valence-corrected chi connectivity index (χ2v) is 4.47. The van der Waals surface area contributed by atoms with Crippen molar-refractivity contribution in [2.24, 2.45) is 0 Å². The Balaban J connectivity index is 2.15. The lowest BCUT2D eigenvalue weighted by Crippen LogP contribution is -2.48. The van der Waals surface area contributed by atoms with E-state index in [1.54, 1.807) is 6.07 Å². The van der Waals surface area contributed by atoms with Crippen molar-refractivity contribution in [3.63, 3.8) is 0 Å². The number of hydrogen-bond acceptors (Lipinski definition) is 4. The fourth-order valence-corrected chi connectivity index (χ4v) is 1.95. The van der Waals surface area contributed by atoms with Gasteiger partial charge in [0.05, 0.1) is 4.92 Å². The van der Waals surface area contributed by atoms with E-state index in [1.165, 1.54) is 17.0 Å². The molecule has 0 saturated carbocycles. The number of benzene rings is 1. The molecule has 1 fully saturated rings. The van der Waals surface area contributed by atoms with Crippen LogP contribution in [0.3, 0.4) is 0 Å². The smallest absolute Gasteiger partial charge is 0.320 e. The third-order valence-corrected chi connectivity index (χ3v) is 3.04. The van der Waals surface area contributed by atoms with Gasteiger partial charge in [-0.25, -0.2) is 4.79 Å². The second-order valence-electron chi connectivity index (χ2n) is 4.07. The van der Waals surface area contributed by atoms with E-state index < -0.39 is 11.0 Å². The molecule has 1 aliphatic heterocycles. The third-order valence-electron chi connectivity index (χ3n) is 2.72. The number of carbonyl (C=O) groups excluding carboxylic acids is 2. The summed E-state index contributed by atoms with van der Waals surface area (Å²) in [6.45, 7) is 0.484. The van der Waals surface area contributed by atoms with Crippen LogP contribution in [0.2, 0.25) is 5.02 Å². The van der Waals surface area contributed by atoms with Crippen LogP contribution in [0.25, 0.3) is 0 Å². The molecule has 0 aliphatic carbocycles. The Hall–Kier alpha value is -2.15. The molecule has 19 heavy (non-hydrogen) atoms. The van der Waals surface area contributed by atoms with E-state index >= 15 is 0 Å². The van der Waals surface area contributed by atoms with Crippen molar-refractivity contribution in [1.29, 1.82) is 0 Å². The van der Waals surface area contributed by atoms with Crippen LogP contribution in [-0.2, 0) is 11.3 Å². The maximum Gasteiger partial charge on any atom is 0.324 e. The second kappa shape index (κ2) is 5.23. The Kier molecular flexibility index (Phi) is 3.66. The van der Waals surface area contributed by atoms with Gasteiger partial charge in [0.25, 0.3) is 5.69 Å². The van der Waals surface area contributed by atoms with Crippen LogP contribution in [0.5, 0.6) is 0 Å². The topological polar surface area (TPSA) is 92.6 Å². The predicted octanol–water partition coefficient (Wildman–Crippen LogP) is 1.69. The van der Waals surface area contributed by atoms with Gasteiger partial charge in [-0.1, -0.05) is 17.7 Å². The van der Waals surface area contributed by atoms with Gasteiger partial charge in [-0.3, -0.25) is 20.2 Å². The number of nitrogens with one attached hydrogen (secondary N) is 1. The number of imide groups is 1. The summed E-state index contributed by atoms with van der Waals surface area (Å²) in [5, 5.41) is 13.0. The standard InChI is InChI=1S/C11H10ClN3O4/c12-8-2-1-7(5-9(8)15(18)19)6-14-4-3-10(16)13-11(14)17/h1-2,5H,3-4,6H2,(H,13,16,17). The van der Waals surface area contributed by atoms with Crippen LogP contribution in [0.1, 0.15) is 12.0 Å². The first-order valence-corrected chi connectivity index (χ1v) is 5.87. The number of hydrogen-bond donors (Lipinski definition) is 1. The van der Waals surface area contributed by atoms with Gasteiger partial charge in [0.15, 0.2) is 0 Å². The summed E-state index contributed by atoms with van der Waals surface area (Å²) < 4.78 is 0. The number of carbonyl (C=O) groups is 2. The van der Waals surface area contributed by atoms with Crippen LogP contribution in [-0.4, -0.2) is 28.3 Å². The summed E-state index contributed by atoms with van der Waals surface area (Å²) in [6.07, 6.45) is 0.224. The lowest BCUT2D eigenvalue weighted by atomic mass is 10.1. The molecular weight excluding hydrogens is 274 g/mol.